The van der Waals surface area contributed by atoms with E-state index in [9.17, 15) is 0 Å². The third-order valence-electron chi connectivity index (χ3n) is 1.97. The smallest absolute Gasteiger partial charge is 0.129 e. The molecule has 2 aromatic rings. The topological polar surface area (TPSA) is 35.2 Å². The maximum absolute atomic E-state index is 5.64. The summed E-state index contributed by atoms with van der Waals surface area (Å²) in [6.07, 6.45) is 0. The van der Waals surface area contributed by atoms with E-state index < -0.39 is 0 Å². The summed E-state index contributed by atoms with van der Waals surface area (Å²) in [6.45, 7) is 0. The van der Waals surface area contributed by atoms with Gasteiger partial charge in [0, 0.05) is 11.8 Å². The minimum Gasteiger partial charge on any atom is -0.457 e. The highest BCUT2D eigenvalue weighted by atomic mass is 16.5. The monoisotopic (exact) mass is 195 g/mol. The van der Waals surface area contributed by atoms with Crippen LogP contribution in [-0.2, 0) is 0 Å². The molecule has 3 heteroatoms. The van der Waals surface area contributed by atoms with Crippen LogP contribution in [0.15, 0.2) is 48.5 Å². The van der Waals surface area contributed by atoms with Crippen molar-refractivity contribution in [1.82, 2.24) is 0 Å². The van der Waals surface area contributed by atoms with Gasteiger partial charge in [-0.15, -0.1) is 0 Å². The van der Waals surface area contributed by atoms with E-state index in [4.69, 9.17) is 18.3 Å². The van der Waals surface area contributed by atoms with Crippen LogP contribution in [-0.4, -0.2) is 7.85 Å². The summed E-state index contributed by atoms with van der Waals surface area (Å²) < 4.78 is 5.58. The predicted octanol–water partition coefficient (Wildman–Crippen LogP) is 1.85. The van der Waals surface area contributed by atoms with Crippen molar-refractivity contribution < 1.29 is 4.74 Å². The van der Waals surface area contributed by atoms with Gasteiger partial charge in [-0.25, -0.2) is 0 Å². The molecule has 72 valence electrons. The van der Waals surface area contributed by atoms with Crippen molar-refractivity contribution in [3.8, 4) is 11.5 Å². The first-order valence-electron chi connectivity index (χ1n) is 4.63. The van der Waals surface area contributed by atoms with Gasteiger partial charge in [0.05, 0.1) is 0 Å². The van der Waals surface area contributed by atoms with Gasteiger partial charge in [-0.05, 0) is 24.3 Å². The highest BCUT2D eigenvalue weighted by Gasteiger charge is 1.96. The van der Waals surface area contributed by atoms with Gasteiger partial charge in [0.1, 0.15) is 19.3 Å². The zero-order valence-corrected chi connectivity index (χ0v) is 8.18. The lowest BCUT2D eigenvalue weighted by atomic mass is 9.97. The molecule has 2 N–H and O–H groups in total. The van der Waals surface area contributed by atoms with Crippen LogP contribution in [0.25, 0.3) is 0 Å². The summed E-state index contributed by atoms with van der Waals surface area (Å²) in [6, 6.07) is 14.5. The van der Waals surface area contributed by atoms with Gasteiger partial charge in [-0.1, -0.05) is 23.7 Å². The fourth-order valence-corrected chi connectivity index (χ4v) is 1.25. The number of rotatable bonds is 2. The third kappa shape index (κ3) is 2.53. The van der Waals surface area contributed by atoms with Crippen molar-refractivity contribution in [3.63, 3.8) is 0 Å². The number of benzene rings is 2. The van der Waals surface area contributed by atoms with Crippen LogP contribution >= 0.6 is 0 Å². The first-order chi connectivity index (χ1) is 7.24. The number of ether oxygens (including phenoxy) is 1. The summed E-state index contributed by atoms with van der Waals surface area (Å²) in [7, 11) is 5.57. The fraction of sp³-hybridized carbons (Fsp3) is 0. The second kappa shape index (κ2) is 4.09. The molecule has 0 bridgehead atoms. The molecule has 0 aliphatic rings. The zero-order chi connectivity index (χ0) is 10.7. The van der Waals surface area contributed by atoms with E-state index in [0.29, 0.717) is 5.69 Å². The van der Waals surface area contributed by atoms with E-state index in [2.05, 4.69) is 0 Å². The fourth-order valence-electron chi connectivity index (χ4n) is 1.25. The van der Waals surface area contributed by atoms with Crippen molar-refractivity contribution in [1.29, 1.82) is 0 Å². The highest BCUT2D eigenvalue weighted by molar-refractivity contribution is 6.32. The lowest BCUT2D eigenvalue weighted by Crippen LogP contribution is -1.99. The van der Waals surface area contributed by atoms with Crippen molar-refractivity contribution >= 4 is 19.0 Å². The van der Waals surface area contributed by atoms with E-state index in [1.54, 1.807) is 18.2 Å². The van der Waals surface area contributed by atoms with Crippen LogP contribution in [0.5, 0.6) is 11.5 Å². The van der Waals surface area contributed by atoms with E-state index in [1.165, 1.54) is 0 Å². The van der Waals surface area contributed by atoms with Crippen LogP contribution in [0.1, 0.15) is 0 Å². The Kier molecular flexibility index (Phi) is 2.63. The molecular weight excluding hydrogens is 185 g/mol. The average Bonchev–Trinajstić information content (AvgIpc) is 2.22. The Bertz CT molecular complexity index is 453. The van der Waals surface area contributed by atoms with E-state index >= 15 is 0 Å². The van der Waals surface area contributed by atoms with Crippen LogP contribution in [0, 0.1) is 0 Å². The number of hydrogen-bond acceptors (Lipinski definition) is 2. The molecule has 0 aromatic heterocycles. The molecule has 0 atom stereocenters. The highest BCUT2D eigenvalue weighted by Crippen LogP contribution is 2.21. The van der Waals surface area contributed by atoms with Crippen molar-refractivity contribution in [2.45, 2.75) is 0 Å². The Morgan fingerprint density at radius 3 is 2.33 bits per heavy atom. The quantitative estimate of drug-likeness (QED) is 0.586. The molecule has 15 heavy (non-hydrogen) atoms. The molecule has 0 unspecified atom stereocenters. The molecule has 2 radical (unpaired) electrons. The molecule has 2 nitrogen and oxygen atoms in total. The van der Waals surface area contributed by atoms with Gasteiger partial charge in [-0.3, -0.25) is 0 Å². The second-order valence-electron chi connectivity index (χ2n) is 3.24. The largest absolute Gasteiger partial charge is 0.457 e. The van der Waals surface area contributed by atoms with Crippen molar-refractivity contribution in [3.05, 3.63) is 48.5 Å². The van der Waals surface area contributed by atoms with E-state index in [1.807, 2.05) is 30.3 Å². The van der Waals surface area contributed by atoms with Crippen LogP contribution < -0.4 is 15.9 Å². The maximum Gasteiger partial charge on any atom is 0.129 e. The Balaban J connectivity index is 2.18. The van der Waals surface area contributed by atoms with Gasteiger partial charge < -0.3 is 10.5 Å². The Morgan fingerprint density at radius 2 is 1.67 bits per heavy atom. The Morgan fingerprint density at radius 1 is 0.933 bits per heavy atom. The molecular formula is C12H10BNO. The molecule has 0 spiro atoms. The normalized spacial score (nSPS) is 9.87. The summed E-state index contributed by atoms with van der Waals surface area (Å²) >= 11 is 0. The third-order valence-corrected chi connectivity index (χ3v) is 1.97. The summed E-state index contributed by atoms with van der Waals surface area (Å²) in [4.78, 5) is 0. The summed E-state index contributed by atoms with van der Waals surface area (Å²) in [5.74, 6) is 1.47. The molecule has 0 saturated carbocycles. The van der Waals surface area contributed by atoms with Gasteiger partial charge in [0.25, 0.3) is 0 Å². The lowest BCUT2D eigenvalue weighted by molar-refractivity contribution is 0.483. The van der Waals surface area contributed by atoms with Crippen LogP contribution in [0.4, 0.5) is 5.69 Å². The molecule has 0 aliphatic heterocycles. The first-order valence-corrected chi connectivity index (χ1v) is 4.63. The summed E-state index contributed by atoms with van der Waals surface area (Å²) in [5.41, 5.74) is 7.04. The van der Waals surface area contributed by atoms with Crippen LogP contribution in [0.3, 0.4) is 0 Å². The number of hydrogen-bond donors (Lipinski definition) is 1. The van der Waals surface area contributed by atoms with E-state index in [0.717, 1.165) is 17.0 Å². The van der Waals surface area contributed by atoms with Gasteiger partial charge in [0.2, 0.25) is 0 Å². The second-order valence-corrected chi connectivity index (χ2v) is 3.24. The van der Waals surface area contributed by atoms with Crippen LogP contribution in [0.2, 0.25) is 0 Å². The molecule has 2 rings (SSSR count). The first kappa shape index (κ1) is 9.65. The Labute approximate surface area is 90.1 Å². The molecule has 0 fully saturated rings. The Hall–Kier alpha value is -1.90. The molecule has 2 aromatic carbocycles. The minimum absolute atomic E-state index is 0.683. The zero-order valence-electron chi connectivity index (χ0n) is 8.18. The molecule has 0 saturated heterocycles. The van der Waals surface area contributed by atoms with E-state index in [-0.39, 0.29) is 0 Å². The molecule has 0 aliphatic carbocycles. The molecule has 0 heterocycles. The SMILES string of the molecule is [B]c1ccc(Oc2cccc(N)c2)cc1. The lowest BCUT2D eigenvalue weighted by Gasteiger charge is -2.06. The predicted molar refractivity (Wildman–Crippen MR) is 62.8 cm³/mol. The van der Waals surface area contributed by atoms with Crippen molar-refractivity contribution in [2.75, 3.05) is 5.73 Å². The average molecular weight is 195 g/mol. The number of nitrogens with two attached hydrogens (primary N) is 1. The van der Waals surface area contributed by atoms with Gasteiger partial charge >= 0.3 is 0 Å². The molecule has 0 amide bonds. The minimum atomic E-state index is 0.683. The maximum atomic E-state index is 5.64. The van der Waals surface area contributed by atoms with Gasteiger partial charge in [-0.2, -0.15) is 0 Å². The van der Waals surface area contributed by atoms with Crippen molar-refractivity contribution in [2.24, 2.45) is 0 Å². The summed E-state index contributed by atoms with van der Waals surface area (Å²) in [5, 5.41) is 0. The standard InChI is InChI=1S/C12H10BNO/c13-9-4-6-11(7-5-9)15-12-3-1-2-10(14)8-12/h1-8H,14H2. The number of anilines is 1. The number of nitrogen functional groups attached to an aromatic ring is 1. The van der Waals surface area contributed by atoms with Gasteiger partial charge in [0.15, 0.2) is 0 Å².